The number of nitrogens with zero attached hydrogens (tertiary/aromatic N) is 1. The van der Waals surface area contributed by atoms with E-state index in [-0.39, 0.29) is 29.7 Å². The van der Waals surface area contributed by atoms with Gasteiger partial charge in [-0.2, -0.15) is 0 Å². The predicted octanol–water partition coefficient (Wildman–Crippen LogP) is 1.52. The fraction of sp³-hybridized carbons (Fsp3) is 0.250. The molecule has 1 aliphatic heterocycles. The topological polar surface area (TPSA) is 94.6 Å². The van der Waals surface area contributed by atoms with Crippen molar-refractivity contribution < 1.29 is 19.0 Å². The molecule has 1 aromatic heterocycles. The summed E-state index contributed by atoms with van der Waals surface area (Å²) in [5.74, 6) is -1.85. The lowest BCUT2D eigenvalue weighted by molar-refractivity contribution is 0.0695. The first-order valence-corrected chi connectivity index (χ1v) is 7.11. The number of rotatable bonds is 2. The molecule has 2 aromatic rings. The molecule has 6 nitrogen and oxygen atoms in total. The third-order valence-electron chi connectivity index (χ3n) is 4.40. The Labute approximate surface area is 129 Å². The number of benzene rings is 1. The summed E-state index contributed by atoms with van der Waals surface area (Å²) in [7, 11) is 0. The molecular formula is C16H13FN2O4. The summed E-state index contributed by atoms with van der Waals surface area (Å²) in [6.07, 6.45) is 1.87. The molecule has 2 aliphatic rings. The highest BCUT2D eigenvalue weighted by Gasteiger charge is 2.41. The van der Waals surface area contributed by atoms with Gasteiger partial charge in [-0.1, -0.05) is 6.58 Å². The molecule has 0 amide bonds. The maximum Gasteiger partial charge on any atom is 0.341 e. The molecule has 23 heavy (non-hydrogen) atoms. The van der Waals surface area contributed by atoms with Gasteiger partial charge >= 0.3 is 5.97 Å². The van der Waals surface area contributed by atoms with Gasteiger partial charge in [-0.3, -0.25) is 4.79 Å². The highest BCUT2D eigenvalue weighted by atomic mass is 19.1. The number of aromatic carboxylic acids is 1. The fourth-order valence-electron chi connectivity index (χ4n) is 3.11. The van der Waals surface area contributed by atoms with Gasteiger partial charge in [-0.25, -0.2) is 9.18 Å². The van der Waals surface area contributed by atoms with E-state index in [1.54, 1.807) is 0 Å². The van der Waals surface area contributed by atoms with Crippen molar-refractivity contribution in [3.63, 3.8) is 0 Å². The number of nitrogens with two attached hydrogens (primary N) is 1. The Morgan fingerprint density at radius 3 is 2.83 bits per heavy atom. The molecule has 0 bridgehead atoms. The number of halogens is 1. The summed E-state index contributed by atoms with van der Waals surface area (Å²) in [5, 5.41) is 9.16. The van der Waals surface area contributed by atoms with Gasteiger partial charge in [0.25, 0.3) is 0 Å². The monoisotopic (exact) mass is 316 g/mol. The van der Waals surface area contributed by atoms with Gasteiger partial charge in [0.15, 0.2) is 5.75 Å². The second-order valence-electron chi connectivity index (χ2n) is 5.91. The van der Waals surface area contributed by atoms with E-state index in [9.17, 15) is 19.1 Å². The second-order valence-corrected chi connectivity index (χ2v) is 5.91. The van der Waals surface area contributed by atoms with Crippen LogP contribution >= 0.6 is 0 Å². The van der Waals surface area contributed by atoms with E-state index in [1.165, 1.54) is 10.8 Å². The number of hydrogen-bond donors (Lipinski definition) is 2. The summed E-state index contributed by atoms with van der Waals surface area (Å²) in [6.45, 7) is 3.91. The smallest absolute Gasteiger partial charge is 0.341 e. The summed E-state index contributed by atoms with van der Waals surface area (Å²) < 4.78 is 21.7. The van der Waals surface area contributed by atoms with Crippen LogP contribution in [0, 0.1) is 5.82 Å². The standard InChI is InChI=1S/C16H13FN2O4/c1-6-5-23-15-12(7-3-11(7)18)10(17)2-8-13(15)19(6)4-9(14(8)20)16(21)22/h2,4,7,11H,1,3,5,18H2,(H,21,22)/t7?,11-/m0/s1. The van der Waals surface area contributed by atoms with Crippen molar-refractivity contribution in [1.29, 1.82) is 0 Å². The van der Waals surface area contributed by atoms with Crippen LogP contribution in [0.4, 0.5) is 4.39 Å². The number of hydrogen-bond acceptors (Lipinski definition) is 4. The third kappa shape index (κ3) is 1.83. The van der Waals surface area contributed by atoms with Crippen LogP contribution in [-0.2, 0) is 0 Å². The Balaban J connectivity index is 2.16. The molecule has 4 rings (SSSR count). The van der Waals surface area contributed by atoms with Gasteiger partial charge in [-0.05, 0) is 12.5 Å². The first-order chi connectivity index (χ1) is 10.9. The van der Waals surface area contributed by atoms with Crippen LogP contribution in [0.25, 0.3) is 16.6 Å². The minimum Gasteiger partial charge on any atom is -0.485 e. The number of carboxylic acid groups (broad SMARTS) is 1. The molecule has 118 valence electrons. The van der Waals surface area contributed by atoms with Gasteiger partial charge < -0.3 is 20.1 Å². The minimum atomic E-state index is -1.37. The fourth-order valence-corrected chi connectivity index (χ4v) is 3.11. The Kier molecular flexibility index (Phi) is 2.68. The van der Waals surface area contributed by atoms with E-state index in [4.69, 9.17) is 10.5 Å². The van der Waals surface area contributed by atoms with Crippen molar-refractivity contribution in [2.24, 2.45) is 5.73 Å². The Bertz CT molecular complexity index is 963. The molecule has 0 radical (unpaired) electrons. The maximum atomic E-state index is 14.5. The Hall–Kier alpha value is -2.67. The average molecular weight is 316 g/mol. The first-order valence-electron chi connectivity index (χ1n) is 7.11. The van der Waals surface area contributed by atoms with Crippen LogP contribution < -0.4 is 15.9 Å². The summed E-state index contributed by atoms with van der Waals surface area (Å²) in [4.78, 5) is 23.6. The van der Waals surface area contributed by atoms with Gasteiger partial charge in [-0.15, -0.1) is 0 Å². The molecule has 3 N–H and O–H groups in total. The number of aromatic nitrogens is 1. The molecule has 1 fully saturated rings. The van der Waals surface area contributed by atoms with Crippen molar-refractivity contribution >= 4 is 22.6 Å². The normalized spacial score (nSPS) is 22.1. The van der Waals surface area contributed by atoms with E-state index >= 15 is 0 Å². The van der Waals surface area contributed by atoms with Crippen LogP contribution in [-0.4, -0.2) is 28.3 Å². The van der Waals surface area contributed by atoms with Gasteiger partial charge in [0.05, 0.1) is 16.6 Å². The van der Waals surface area contributed by atoms with Crippen LogP contribution in [0.15, 0.2) is 23.6 Å². The first kappa shape index (κ1) is 14.0. The largest absolute Gasteiger partial charge is 0.485 e. The Morgan fingerprint density at radius 2 is 2.22 bits per heavy atom. The molecule has 2 heterocycles. The van der Waals surface area contributed by atoms with Gasteiger partial charge in [0.2, 0.25) is 5.43 Å². The number of pyridine rings is 1. The molecule has 1 unspecified atom stereocenters. The van der Waals surface area contributed by atoms with Crippen molar-refractivity contribution in [3.05, 3.63) is 46.0 Å². The average Bonchev–Trinajstić information content (AvgIpc) is 3.20. The predicted molar refractivity (Wildman–Crippen MR) is 81.3 cm³/mol. The second kappa shape index (κ2) is 4.42. The molecular weight excluding hydrogens is 303 g/mol. The maximum absolute atomic E-state index is 14.5. The highest BCUT2D eigenvalue weighted by molar-refractivity contribution is 5.97. The summed E-state index contributed by atoms with van der Waals surface area (Å²) >= 11 is 0. The van der Waals surface area contributed by atoms with E-state index < -0.39 is 22.8 Å². The summed E-state index contributed by atoms with van der Waals surface area (Å²) in [6, 6.07) is 0.942. The molecule has 2 atom stereocenters. The number of ether oxygens (including phenoxy) is 1. The van der Waals surface area contributed by atoms with Crippen LogP contribution in [0.5, 0.6) is 5.75 Å². The van der Waals surface area contributed by atoms with Gasteiger partial charge in [0.1, 0.15) is 18.0 Å². The zero-order chi connectivity index (χ0) is 16.5. The molecule has 0 spiro atoms. The lowest BCUT2D eigenvalue weighted by Crippen LogP contribution is -2.24. The van der Waals surface area contributed by atoms with Crippen LogP contribution in [0.1, 0.15) is 28.3 Å². The van der Waals surface area contributed by atoms with Crippen molar-refractivity contribution in [3.8, 4) is 5.75 Å². The van der Waals surface area contributed by atoms with Crippen LogP contribution in [0.3, 0.4) is 0 Å². The molecule has 0 saturated heterocycles. The zero-order valence-electron chi connectivity index (χ0n) is 12.0. The quantitative estimate of drug-likeness (QED) is 0.876. The summed E-state index contributed by atoms with van der Waals surface area (Å²) in [5.41, 5.74) is 5.84. The van der Waals surface area contributed by atoms with Crippen molar-refractivity contribution in [2.45, 2.75) is 18.4 Å². The van der Waals surface area contributed by atoms with E-state index in [2.05, 4.69) is 6.58 Å². The molecule has 1 aliphatic carbocycles. The van der Waals surface area contributed by atoms with E-state index in [0.29, 0.717) is 23.2 Å². The SMILES string of the molecule is C=C1COc2c(C3C[C@@H]3N)c(F)cc3c(=O)c(C(=O)O)cn1c23. The third-order valence-corrected chi connectivity index (χ3v) is 4.40. The zero-order valence-corrected chi connectivity index (χ0v) is 12.0. The van der Waals surface area contributed by atoms with Crippen LogP contribution in [0.2, 0.25) is 0 Å². The van der Waals surface area contributed by atoms with E-state index in [1.807, 2.05) is 0 Å². The lowest BCUT2D eigenvalue weighted by Gasteiger charge is -2.25. The minimum absolute atomic E-state index is 0.0313. The number of carboxylic acids is 1. The lowest BCUT2D eigenvalue weighted by atomic mass is 10.0. The van der Waals surface area contributed by atoms with E-state index in [0.717, 1.165) is 6.07 Å². The Morgan fingerprint density at radius 1 is 1.52 bits per heavy atom. The molecule has 7 heteroatoms. The number of carbonyl (C=O) groups is 1. The molecule has 1 saturated carbocycles. The molecule has 1 aromatic carbocycles. The van der Waals surface area contributed by atoms with Crippen molar-refractivity contribution in [1.82, 2.24) is 4.57 Å². The van der Waals surface area contributed by atoms with Crippen molar-refractivity contribution in [2.75, 3.05) is 6.61 Å². The van der Waals surface area contributed by atoms with Gasteiger partial charge in [0, 0.05) is 23.7 Å². The highest BCUT2D eigenvalue weighted by Crippen LogP contribution is 2.48.